The molecule has 0 radical (unpaired) electrons. The molecular formula is C21H19BrClN3O3. The van der Waals surface area contributed by atoms with Crippen molar-refractivity contribution in [2.24, 2.45) is 0 Å². The van der Waals surface area contributed by atoms with E-state index in [9.17, 15) is 14.9 Å². The molecule has 1 amide bonds. The highest BCUT2D eigenvalue weighted by atomic mass is 79.9. The Morgan fingerprint density at radius 2 is 1.97 bits per heavy atom. The van der Waals surface area contributed by atoms with E-state index in [1.54, 1.807) is 19.2 Å². The third kappa shape index (κ3) is 3.69. The summed E-state index contributed by atoms with van der Waals surface area (Å²) in [5, 5.41) is 11.9. The lowest BCUT2D eigenvalue weighted by atomic mass is 9.88. The highest BCUT2D eigenvalue weighted by Crippen LogP contribution is 2.43. The number of halogens is 2. The Labute approximate surface area is 181 Å². The van der Waals surface area contributed by atoms with E-state index in [0.29, 0.717) is 31.5 Å². The lowest BCUT2D eigenvalue weighted by Crippen LogP contribution is -2.34. The lowest BCUT2D eigenvalue weighted by Gasteiger charge is -2.29. The first-order valence-electron chi connectivity index (χ1n) is 9.45. The molecule has 0 saturated carbocycles. The number of hydrogen-bond donors (Lipinski definition) is 0. The molecule has 1 aliphatic carbocycles. The number of carbonyl (C=O) groups is 1. The van der Waals surface area contributed by atoms with Gasteiger partial charge < -0.3 is 4.90 Å². The maximum atomic E-state index is 11.8. The zero-order valence-electron chi connectivity index (χ0n) is 15.9. The van der Waals surface area contributed by atoms with Gasteiger partial charge in [-0.3, -0.25) is 19.9 Å². The van der Waals surface area contributed by atoms with E-state index in [0.717, 1.165) is 39.7 Å². The SMILES string of the molecule is CC(=O)N1CCC(=C2c3ccc(Cl)c([N+](=O)[O-])c3CCc3cc(Br)cnc32)CC1. The molecule has 2 aliphatic rings. The average molecular weight is 477 g/mol. The van der Waals surface area contributed by atoms with E-state index >= 15 is 0 Å². The summed E-state index contributed by atoms with van der Waals surface area (Å²) in [7, 11) is 0. The number of nitro benzene ring substituents is 1. The summed E-state index contributed by atoms with van der Waals surface area (Å²) in [6, 6.07) is 5.52. The molecule has 29 heavy (non-hydrogen) atoms. The third-order valence-corrected chi connectivity index (χ3v) is 6.40. The van der Waals surface area contributed by atoms with Crippen molar-refractivity contribution in [1.82, 2.24) is 9.88 Å². The van der Waals surface area contributed by atoms with Crippen molar-refractivity contribution in [1.29, 1.82) is 0 Å². The fraction of sp³-hybridized carbons (Fsp3) is 0.333. The number of likely N-dealkylation sites (tertiary alicyclic amines) is 1. The standard InChI is InChI=1S/C21H19BrClN3O3/c1-12(27)25-8-6-13(7-9-25)19-16-4-5-18(23)21(26(28)29)17(16)3-2-14-10-15(22)11-24-20(14)19/h4-5,10-11H,2-3,6-9H2,1H3. The van der Waals surface area contributed by atoms with Crippen molar-refractivity contribution in [3.8, 4) is 0 Å². The Bertz CT molecular complexity index is 1060. The van der Waals surface area contributed by atoms with E-state index in [-0.39, 0.29) is 21.5 Å². The molecule has 0 N–H and O–H groups in total. The van der Waals surface area contributed by atoms with Crippen molar-refractivity contribution in [2.45, 2.75) is 32.6 Å². The van der Waals surface area contributed by atoms with Crippen LogP contribution in [0.3, 0.4) is 0 Å². The van der Waals surface area contributed by atoms with Gasteiger partial charge in [-0.25, -0.2) is 0 Å². The first-order chi connectivity index (χ1) is 13.9. The predicted molar refractivity (Wildman–Crippen MR) is 115 cm³/mol. The number of fused-ring (bicyclic) bond motifs is 2. The Kier molecular flexibility index (Phi) is 5.44. The van der Waals surface area contributed by atoms with Gasteiger partial charge in [-0.2, -0.15) is 0 Å². The molecule has 0 atom stereocenters. The Morgan fingerprint density at radius 1 is 1.24 bits per heavy atom. The van der Waals surface area contributed by atoms with E-state index in [1.807, 2.05) is 17.0 Å². The number of piperidine rings is 1. The molecule has 0 unspecified atom stereocenters. The van der Waals surface area contributed by atoms with E-state index in [2.05, 4.69) is 15.9 Å². The summed E-state index contributed by atoms with van der Waals surface area (Å²) in [5.74, 6) is 0.0696. The Balaban J connectivity index is 1.94. The second kappa shape index (κ2) is 7.88. The van der Waals surface area contributed by atoms with Gasteiger partial charge in [0.25, 0.3) is 5.69 Å². The molecule has 1 saturated heterocycles. The highest BCUT2D eigenvalue weighted by molar-refractivity contribution is 9.10. The predicted octanol–water partition coefficient (Wildman–Crippen LogP) is 4.95. The van der Waals surface area contributed by atoms with Crippen LogP contribution in [0.5, 0.6) is 0 Å². The van der Waals surface area contributed by atoms with E-state index < -0.39 is 0 Å². The van der Waals surface area contributed by atoms with Gasteiger partial charge in [0, 0.05) is 41.8 Å². The molecule has 0 bridgehead atoms. The molecule has 8 heteroatoms. The highest BCUT2D eigenvalue weighted by Gasteiger charge is 2.31. The summed E-state index contributed by atoms with van der Waals surface area (Å²) >= 11 is 9.70. The van der Waals surface area contributed by atoms with Gasteiger partial charge in [-0.1, -0.05) is 23.2 Å². The summed E-state index contributed by atoms with van der Waals surface area (Å²) < 4.78 is 0.880. The molecule has 2 aromatic rings. The third-order valence-electron chi connectivity index (χ3n) is 5.67. The fourth-order valence-corrected chi connectivity index (χ4v) is 4.90. The summed E-state index contributed by atoms with van der Waals surface area (Å²) in [6.07, 6.45) is 4.38. The van der Waals surface area contributed by atoms with Crippen molar-refractivity contribution < 1.29 is 9.72 Å². The molecule has 150 valence electrons. The lowest BCUT2D eigenvalue weighted by molar-refractivity contribution is -0.385. The maximum Gasteiger partial charge on any atom is 0.291 e. The summed E-state index contributed by atoms with van der Waals surface area (Å²) in [5.41, 5.74) is 5.54. The zero-order valence-corrected chi connectivity index (χ0v) is 18.2. The number of pyridine rings is 1. The van der Waals surface area contributed by atoms with Crippen LogP contribution in [-0.2, 0) is 17.6 Å². The number of hydrogen-bond acceptors (Lipinski definition) is 4. The number of rotatable bonds is 1. The van der Waals surface area contributed by atoms with Crippen molar-refractivity contribution >= 4 is 44.7 Å². The topological polar surface area (TPSA) is 76.3 Å². The van der Waals surface area contributed by atoms with Crippen LogP contribution < -0.4 is 0 Å². The Hall–Kier alpha value is -2.25. The van der Waals surface area contributed by atoms with Crippen molar-refractivity contribution in [3.05, 3.63) is 72.0 Å². The van der Waals surface area contributed by atoms with Crippen molar-refractivity contribution in [3.63, 3.8) is 0 Å². The van der Waals surface area contributed by atoms with Gasteiger partial charge >= 0.3 is 0 Å². The first-order valence-corrected chi connectivity index (χ1v) is 10.6. The number of aryl methyl sites for hydroxylation is 1. The quantitative estimate of drug-likeness (QED) is 0.431. The van der Waals surface area contributed by atoms with Gasteiger partial charge in [0.15, 0.2) is 0 Å². The van der Waals surface area contributed by atoms with Crippen LogP contribution in [-0.4, -0.2) is 33.8 Å². The number of nitrogens with zero attached hydrogens (tertiary/aromatic N) is 3. The van der Waals surface area contributed by atoms with Gasteiger partial charge in [-0.05, 0) is 64.9 Å². The molecule has 1 aliphatic heterocycles. The van der Waals surface area contributed by atoms with Crippen LogP contribution >= 0.6 is 27.5 Å². The molecule has 4 rings (SSSR count). The largest absolute Gasteiger partial charge is 0.342 e. The maximum absolute atomic E-state index is 11.8. The zero-order chi connectivity index (χ0) is 20.7. The number of carbonyl (C=O) groups excluding carboxylic acids is 1. The molecule has 1 aromatic carbocycles. The first kappa shape index (κ1) is 20.0. The number of nitro groups is 1. The van der Waals surface area contributed by atoms with Crippen LogP contribution in [0.2, 0.25) is 5.02 Å². The minimum atomic E-state index is -0.388. The number of benzene rings is 1. The number of amides is 1. The van der Waals surface area contributed by atoms with E-state index in [4.69, 9.17) is 16.6 Å². The summed E-state index contributed by atoms with van der Waals surface area (Å²) in [4.78, 5) is 29.6. The van der Waals surface area contributed by atoms with Crippen LogP contribution in [0.25, 0.3) is 5.57 Å². The average Bonchev–Trinajstić information content (AvgIpc) is 2.84. The molecular weight excluding hydrogens is 458 g/mol. The molecule has 6 nitrogen and oxygen atoms in total. The second-order valence-corrected chi connectivity index (χ2v) is 8.65. The monoisotopic (exact) mass is 475 g/mol. The van der Waals surface area contributed by atoms with Gasteiger partial charge in [-0.15, -0.1) is 0 Å². The van der Waals surface area contributed by atoms with E-state index in [1.165, 1.54) is 5.57 Å². The van der Waals surface area contributed by atoms with Crippen molar-refractivity contribution in [2.75, 3.05) is 13.1 Å². The molecule has 1 fully saturated rings. The van der Waals surface area contributed by atoms with Gasteiger partial charge in [0.1, 0.15) is 5.02 Å². The van der Waals surface area contributed by atoms with Crippen LogP contribution in [0.4, 0.5) is 5.69 Å². The smallest absolute Gasteiger partial charge is 0.291 e. The fourth-order valence-electron chi connectivity index (χ4n) is 4.28. The molecule has 1 aromatic heterocycles. The normalized spacial score (nSPS) is 16.2. The second-order valence-electron chi connectivity index (χ2n) is 7.33. The van der Waals surface area contributed by atoms with Crippen LogP contribution in [0, 0.1) is 10.1 Å². The van der Waals surface area contributed by atoms with Crippen LogP contribution in [0.15, 0.2) is 34.4 Å². The Morgan fingerprint density at radius 3 is 2.62 bits per heavy atom. The minimum Gasteiger partial charge on any atom is -0.342 e. The molecule has 0 spiro atoms. The number of aromatic nitrogens is 1. The summed E-state index contributed by atoms with van der Waals surface area (Å²) in [6.45, 7) is 2.87. The minimum absolute atomic E-state index is 0.0182. The molecule has 2 heterocycles. The van der Waals surface area contributed by atoms with Gasteiger partial charge in [0.05, 0.1) is 10.6 Å². The van der Waals surface area contributed by atoms with Crippen LogP contribution in [0.1, 0.15) is 42.1 Å². The van der Waals surface area contributed by atoms with Gasteiger partial charge in [0.2, 0.25) is 5.91 Å².